The average Bonchev–Trinajstić information content (AvgIpc) is 3.32. The fourth-order valence-corrected chi connectivity index (χ4v) is 9.06. The standard InChI is InChI=1S/C37H26N2Si/c1-40-32-22-21-26-14-6-8-19-30(26)33(32)35-36(40)34(28-17-9-16-27(23-28)24-11-3-2-4-12-24)38-37(39-35)31-20-10-15-25-13-5-7-18-29(25)31/h2-23,40H,1H3. The molecule has 2 heterocycles. The van der Waals surface area contributed by atoms with E-state index in [1.165, 1.54) is 48.6 Å². The molecule has 1 atom stereocenters. The minimum Gasteiger partial charge on any atom is -0.228 e. The fraction of sp³-hybridized carbons (Fsp3) is 0.0270. The van der Waals surface area contributed by atoms with E-state index in [9.17, 15) is 0 Å². The van der Waals surface area contributed by atoms with E-state index >= 15 is 0 Å². The average molecular weight is 527 g/mol. The van der Waals surface area contributed by atoms with Gasteiger partial charge in [-0.3, -0.25) is 0 Å². The van der Waals surface area contributed by atoms with Gasteiger partial charge in [0.1, 0.15) is 8.80 Å². The van der Waals surface area contributed by atoms with E-state index in [1.807, 2.05) is 0 Å². The molecule has 1 aromatic heterocycles. The van der Waals surface area contributed by atoms with Crippen molar-refractivity contribution in [2.75, 3.05) is 0 Å². The van der Waals surface area contributed by atoms with Gasteiger partial charge in [-0.05, 0) is 49.1 Å². The van der Waals surface area contributed by atoms with Gasteiger partial charge in [0.2, 0.25) is 0 Å². The lowest BCUT2D eigenvalue weighted by Crippen LogP contribution is -2.36. The van der Waals surface area contributed by atoms with Crippen molar-refractivity contribution in [3.8, 4) is 45.0 Å². The van der Waals surface area contributed by atoms with E-state index < -0.39 is 8.80 Å². The predicted molar refractivity (Wildman–Crippen MR) is 171 cm³/mol. The molecule has 2 nitrogen and oxygen atoms in total. The van der Waals surface area contributed by atoms with Crippen LogP contribution in [0.5, 0.6) is 0 Å². The third kappa shape index (κ3) is 3.55. The molecule has 0 spiro atoms. The smallest absolute Gasteiger partial charge is 0.161 e. The third-order valence-electron chi connectivity index (χ3n) is 8.32. The number of aromatic nitrogens is 2. The van der Waals surface area contributed by atoms with Crippen LogP contribution in [-0.4, -0.2) is 18.8 Å². The lowest BCUT2D eigenvalue weighted by atomic mass is 9.98. The van der Waals surface area contributed by atoms with Gasteiger partial charge >= 0.3 is 0 Å². The fourth-order valence-electron chi connectivity index (χ4n) is 6.38. The number of hydrogen-bond acceptors (Lipinski definition) is 2. The first-order chi connectivity index (χ1) is 19.8. The second-order valence-corrected chi connectivity index (χ2v) is 13.2. The molecule has 1 unspecified atom stereocenters. The van der Waals surface area contributed by atoms with Crippen molar-refractivity contribution in [1.82, 2.24) is 9.97 Å². The highest BCUT2D eigenvalue weighted by Crippen LogP contribution is 2.36. The SMILES string of the molecule is C[SiH]1c2ccc3ccccc3c2-c2nc(-c3cccc4ccccc34)nc(-c3cccc(-c4ccccc4)c3)c21. The molecule has 0 aliphatic carbocycles. The molecule has 7 aromatic rings. The summed E-state index contributed by atoms with van der Waals surface area (Å²) in [6, 6.07) is 47.8. The van der Waals surface area contributed by atoms with Crippen LogP contribution in [0.2, 0.25) is 6.55 Å². The summed E-state index contributed by atoms with van der Waals surface area (Å²) in [6.45, 7) is 2.44. The molecule has 0 saturated carbocycles. The number of fused-ring (bicyclic) bond motifs is 6. The van der Waals surface area contributed by atoms with Crippen LogP contribution >= 0.6 is 0 Å². The minimum atomic E-state index is -1.54. The number of hydrogen-bond donors (Lipinski definition) is 0. The Kier molecular flexibility index (Phi) is 5.25. The van der Waals surface area contributed by atoms with Gasteiger partial charge in [0, 0.05) is 16.7 Å². The van der Waals surface area contributed by atoms with Crippen molar-refractivity contribution in [1.29, 1.82) is 0 Å². The van der Waals surface area contributed by atoms with Gasteiger partial charge in [0.25, 0.3) is 0 Å². The summed E-state index contributed by atoms with van der Waals surface area (Å²) in [5, 5.41) is 7.72. The van der Waals surface area contributed by atoms with Crippen molar-refractivity contribution in [2.24, 2.45) is 0 Å². The zero-order chi connectivity index (χ0) is 26.6. The molecule has 1 aliphatic heterocycles. The van der Waals surface area contributed by atoms with Crippen LogP contribution in [0, 0.1) is 0 Å². The van der Waals surface area contributed by atoms with Crippen LogP contribution in [0.15, 0.2) is 133 Å². The summed E-state index contributed by atoms with van der Waals surface area (Å²) >= 11 is 0. The largest absolute Gasteiger partial charge is 0.228 e. The second kappa shape index (κ2) is 9.11. The summed E-state index contributed by atoms with van der Waals surface area (Å²) in [4.78, 5) is 10.8. The predicted octanol–water partition coefficient (Wildman–Crippen LogP) is 7.74. The van der Waals surface area contributed by atoms with Gasteiger partial charge in [-0.25, -0.2) is 9.97 Å². The summed E-state index contributed by atoms with van der Waals surface area (Å²) in [5.41, 5.74) is 8.13. The Morgan fingerprint density at radius 1 is 0.500 bits per heavy atom. The highest BCUT2D eigenvalue weighted by Gasteiger charge is 2.34. The first-order valence-electron chi connectivity index (χ1n) is 13.8. The van der Waals surface area contributed by atoms with Crippen LogP contribution in [0.1, 0.15) is 0 Å². The van der Waals surface area contributed by atoms with Gasteiger partial charge in [0.15, 0.2) is 5.82 Å². The topological polar surface area (TPSA) is 25.8 Å². The van der Waals surface area contributed by atoms with Crippen molar-refractivity contribution in [2.45, 2.75) is 6.55 Å². The van der Waals surface area contributed by atoms with E-state index in [4.69, 9.17) is 9.97 Å². The maximum atomic E-state index is 5.41. The third-order valence-corrected chi connectivity index (χ3v) is 11.1. The first kappa shape index (κ1) is 23.1. The van der Waals surface area contributed by atoms with Crippen molar-refractivity contribution >= 4 is 40.7 Å². The normalized spacial score (nSPS) is 13.9. The van der Waals surface area contributed by atoms with E-state index in [0.29, 0.717) is 0 Å². The molecule has 40 heavy (non-hydrogen) atoms. The van der Waals surface area contributed by atoms with Gasteiger partial charge in [-0.2, -0.15) is 0 Å². The molecule has 0 amide bonds. The molecule has 0 radical (unpaired) electrons. The zero-order valence-corrected chi connectivity index (χ0v) is 23.3. The molecular formula is C37H26N2Si. The maximum absolute atomic E-state index is 5.41. The lowest BCUT2D eigenvalue weighted by molar-refractivity contribution is 1.21. The van der Waals surface area contributed by atoms with Crippen LogP contribution in [0.4, 0.5) is 0 Å². The molecule has 3 heteroatoms. The van der Waals surface area contributed by atoms with Crippen molar-refractivity contribution < 1.29 is 0 Å². The maximum Gasteiger partial charge on any atom is 0.161 e. The van der Waals surface area contributed by atoms with Gasteiger partial charge in [-0.15, -0.1) is 0 Å². The van der Waals surface area contributed by atoms with Gasteiger partial charge in [0.05, 0.1) is 11.4 Å². The number of rotatable bonds is 3. The van der Waals surface area contributed by atoms with Crippen molar-refractivity contribution in [3.63, 3.8) is 0 Å². The Bertz CT molecular complexity index is 2080. The van der Waals surface area contributed by atoms with Crippen molar-refractivity contribution in [3.05, 3.63) is 133 Å². The summed E-state index contributed by atoms with van der Waals surface area (Å²) in [7, 11) is -1.54. The molecular weight excluding hydrogens is 501 g/mol. The van der Waals surface area contributed by atoms with E-state index in [-0.39, 0.29) is 0 Å². The molecule has 6 aromatic carbocycles. The van der Waals surface area contributed by atoms with Crippen LogP contribution in [-0.2, 0) is 0 Å². The summed E-state index contributed by atoms with van der Waals surface area (Å²) in [5.74, 6) is 0.789. The number of nitrogens with zero attached hydrogens (tertiary/aromatic N) is 2. The Labute approximate surface area is 235 Å². The van der Waals surface area contributed by atoms with E-state index in [1.54, 1.807) is 0 Å². The molecule has 0 N–H and O–H groups in total. The van der Waals surface area contributed by atoms with Crippen LogP contribution in [0.3, 0.4) is 0 Å². The lowest BCUT2D eigenvalue weighted by Gasteiger charge is -2.15. The Morgan fingerprint density at radius 3 is 1.98 bits per heavy atom. The molecule has 0 bridgehead atoms. The molecule has 0 fully saturated rings. The van der Waals surface area contributed by atoms with Crippen LogP contribution < -0.4 is 10.4 Å². The summed E-state index contributed by atoms with van der Waals surface area (Å²) < 4.78 is 0. The molecule has 188 valence electrons. The molecule has 0 saturated heterocycles. The quantitative estimate of drug-likeness (QED) is 0.220. The zero-order valence-electron chi connectivity index (χ0n) is 22.2. The highest BCUT2D eigenvalue weighted by atomic mass is 28.3. The van der Waals surface area contributed by atoms with Crippen LogP contribution in [0.25, 0.3) is 66.6 Å². The van der Waals surface area contributed by atoms with E-state index in [0.717, 1.165) is 28.3 Å². The molecule has 8 rings (SSSR count). The number of benzene rings is 6. The first-order valence-corrected chi connectivity index (χ1v) is 16.1. The van der Waals surface area contributed by atoms with E-state index in [2.05, 4.69) is 140 Å². The second-order valence-electron chi connectivity index (χ2n) is 10.6. The van der Waals surface area contributed by atoms with Gasteiger partial charge < -0.3 is 0 Å². The Morgan fingerprint density at radius 2 is 1.12 bits per heavy atom. The highest BCUT2D eigenvalue weighted by molar-refractivity contribution is 6.89. The molecule has 1 aliphatic rings. The Balaban J connectivity index is 1.45. The minimum absolute atomic E-state index is 0.789. The monoisotopic (exact) mass is 526 g/mol. The summed E-state index contributed by atoms with van der Waals surface area (Å²) in [6.07, 6.45) is 0. The Hall–Kier alpha value is -4.86. The van der Waals surface area contributed by atoms with Gasteiger partial charge in [-0.1, -0.05) is 134 Å².